The Morgan fingerprint density at radius 3 is 2.43 bits per heavy atom. The quantitative estimate of drug-likeness (QED) is 0.786. The molecule has 0 saturated carbocycles. The smallest absolute Gasteiger partial charge is 0.233 e. The van der Waals surface area contributed by atoms with Crippen LogP contribution in [0.2, 0.25) is 0 Å². The maximum Gasteiger partial charge on any atom is 0.233 e. The topological polar surface area (TPSA) is 85.0 Å². The number of rotatable bonds is 2. The van der Waals surface area contributed by atoms with Gasteiger partial charge in [-0.2, -0.15) is 10.5 Å². The minimum Gasteiger partial charge on any atom is -0.274 e. The second-order valence-corrected chi connectivity index (χ2v) is 5.53. The number of hydrogen-bond donors (Lipinski definition) is 0. The van der Waals surface area contributed by atoms with Gasteiger partial charge in [-0.3, -0.25) is 14.5 Å². The predicted molar refractivity (Wildman–Crippen MR) is 82.1 cm³/mol. The van der Waals surface area contributed by atoms with Gasteiger partial charge >= 0.3 is 0 Å². The summed E-state index contributed by atoms with van der Waals surface area (Å²) in [6.45, 7) is 0. The summed E-state index contributed by atoms with van der Waals surface area (Å²) in [5.41, 5.74) is 0.396. The van der Waals surface area contributed by atoms with Gasteiger partial charge < -0.3 is 0 Å². The second-order valence-electron chi connectivity index (χ2n) is 5.53. The van der Waals surface area contributed by atoms with Crippen LogP contribution < -0.4 is 0 Å². The van der Waals surface area contributed by atoms with Gasteiger partial charge in [-0.1, -0.05) is 36.4 Å². The van der Waals surface area contributed by atoms with Crippen molar-refractivity contribution in [1.29, 1.82) is 10.5 Å². The fraction of sp³-hybridized carbons (Fsp3) is 0.222. The number of fused-ring (bicyclic) bond motifs is 1. The molecule has 3 rings (SSSR count). The summed E-state index contributed by atoms with van der Waals surface area (Å²) in [6.07, 6.45) is 6.76. The zero-order chi connectivity index (χ0) is 16.4. The molecule has 1 aliphatic heterocycles. The van der Waals surface area contributed by atoms with Crippen LogP contribution in [0.4, 0.5) is 0 Å². The molecule has 1 aromatic rings. The lowest BCUT2D eigenvalue weighted by Crippen LogP contribution is -2.27. The molecular formula is C18H13N3O2. The molecule has 1 fully saturated rings. The van der Waals surface area contributed by atoms with Gasteiger partial charge in [0.2, 0.25) is 11.8 Å². The number of nitriles is 2. The fourth-order valence-corrected chi connectivity index (χ4v) is 2.94. The molecular weight excluding hydrogens is 290 g/mol. The molecule has 23 heavy (non-hydrogen) atoms. The van der Waals surface area contributed by atoms with E-state index in [0.29, 0.717) is 0 Å². The summed E-state index contributed by atoms with van der Waals surface area (Å²) >= 11 is 0. The Bertz CT molecular complexity index is 793. The van der Waals surface area contributed by atoms with Crippen LogP contribution in [0.15, 0.2) is 42.6 Å². The van der Waals surface area contributed by atoms with Crippen molar-refractivity contribution in [2.75, 3.05) is 0 Å². The number of imide groups is 1. The number of carbonyl (C=O) groups is 2. The first-order chi connectivity index (χ1) is 11.1. The zero-order valence-corrected chi connectivity index (χ0v) is 12.3. The molecule has 112 valence electrons. The van der Waals surface area contributed by atoms with Gasteiger partial charge in [-0.15, -0.1) is 0 Å². The molecule has 1 heterocycles. The van der Waals surface area contributed by atoms with E-state index in [4.69, 9.17) is 0 Å². The van der Waals surface area contributed by atoms with Crippen molar-refractivity contribution in [3.8, 4) is 12.1 Å². The summed E-state index contributed by atoms with van der Waals surface area (Å²) in [6, 6.07) is 11.6. The Labute approximate surface area is 133 Å². The average Bonchev–Trinajstić information content (AvgIpc) is 2.91. The second kappa shape index (κ2) is 5.55. The highest BCUT2D eigenvalue weighted by atomic mass is 16.2. The lowest BCUT2D eigenvalue weighted by molar-refractivity contribution is -0.135. The van der Waals surface area contributed by atoms with Crippen molar-refractivity contribution < 1.29 is 9.59 Å². The molecule has 5 nitrogen and oxygen atoms in total. The van der Waals surface area contributed by atoms with E-state index in [2.05, 4.69) is 12.1 Å². The molecule has 1 aromatic carbocycles. The highest BCUT2D eigenvalue weighted by Gasteiger charge is 2.40. The van der Waals surface area contributed by atoms with Crippen LogP contribution in [-0.4, -0.2) is 16.7 Å². The molecule has 2 amide bonds. The molecule has 1 saturated heterocycles. The normalized spacial score (nSPS) is 22.0. The third-order valence-electron chi connectivity index (χ3n) is 4.24. The van der Waals surface area contributed by atoms with Crippen molar-refractivity contribution in [1.82, 2.24) is 4.90 Å². The lowest BCUT2D eigenvalue weighted by atomic mass is 9.69. The van der Waals surface area contributed by atoms with Crippen LogP contribution in [0, 0.1) is 28.1 Å². The van der Waals surface area contributed by atoms with Crippen molar-refractivity contribution in [2.45, 2.75) is 18.8 Å². The molecule has 0 aromatic heterocycles. The lowest BCUT2D eigenvalue weighted by Gasteiger charge is -2.29. The Balaban J connectivity index is 2.05. The number of nitrogens with zero attached hydrogens (tertiary/aromatic N) is 3. The number of benzene rings is 1. The van der Waals surface area contributed by atoms with Crippen molar-refractivity contribution in [3.63, 3.8) is 0 Å². The summed E-state index contributed by atoms with van der Waals surface area (Å²) in [4.78, 5) is 24.5. The first-order valence-corrected chi connectivity index (χ1v) is 7.25. The number of allylic oxidation sites excluding steroid dienone is 2. The monoisotopic (exact) mass is 303 g/mol. The van der Waals surface area contributed by atoms with E-state index in [1.807, 2.05) is 24.3 Å². The van der Waals surface area contributed by atoms with E-state index >= 15 is 0 Å². The number of likely N-dealkylation sites (tertiary alicyclic amines) is 1. The van der Waals surface area contributed by atoms with Crippen molar-refractivity contribution in [2.24, 2.45) is 5.41 Å². The standard InChI is InChI=1S/C18H13N3O2/c19-11-18(12-20)9-7-13-3-1-2-4-14(13)15(18)8-10-21-16(22)5-6-17(21)23/h1-4,7-10,15H,5-6H2. The minimum absolute atomic E-state index is 0.200. The van der Waals surface area contributed by atoms with E-state index in [9.17, 15) is 20.1 Å². The van der Waals surface area contributed by atoms with Gasteiger partial charge in [0.25, 0.3) is 0 Å². The van der Waals surface area contributed by atoms with Crippen LogP contribution in [0.25, 0.3) is 6.08 Å². The number of carbonyl (C=O) groups excluding carboxylic acids is 2. The highest BCUT2D eigenvalue weighted by molar-refractivity contribution is 6.02. The first-order valence-electron chi connectivity index (χ1n) is 7.25. The van der Waals surface area contributed by atoms with Crippen LogP contribution in [0.3, 0.4) is 0 Å². The van der Waals surface area contributed by atoms with Crippen molar-refractivity contribution >= 4 is 17.9 Å². The summed E-state index contributed by atoms with van der Waals surface area (Å²) in [5, 5.41) is 19.1. The van der Waals surface area contributed by atoms with Gasteiger partial charge in [0.15, 0.2) is 5.41 Å². The predicted octanol–water partition coefficient (Wildman–Crippen LogP) is 2.49. The number of amides is 2. The largest absolute Gasteiger partial charge is 0.274 e. The van der Waals surface area contributed by atoms with Crippen LogP contribution in [0.1, 0.15) is 29.9 Å². The average molecular weight is 303 g/mol. The highest BCUT2D eigenvalue weighted by Crippen LogP contribution is 2.43. The Kier molecular flexibility index (Phi) is 3.56. The molecule has 0 spiro atoms. The molecule has 5 heteroatoms. The third kappa shape index (κ3) is 2.33. The molecule has 1 aliphatic carbocycles. The molecule has 1 unspecified atom stereocenters. The van der Waals surface area contributed by atoms with Gasteiger partial charge in [0.05, 0.1) is 12.1 Å². The Morgan fingerprint density at radius 2 is 1.78 bits per heavy atom. The van der Waals surface area contributed by atoms with Crippen LogP contribution in [0.5, 0.6) is 0 Å². The fourth-order valence-electron chi connectivity index (χ4n) is 2.94. The maximum absolute atomic E-state index is 11.7. The maximum atomic E-state index is 11.7. The molecule has 0 bridgehead atoms. The van der Waals surface area contributed by atoms with Gasteiger partial charge in [0, 0.05) is 25.0 Å². The Hall–Kier alpha value is -3.18. The molecule has 0 radical (unpaired) electrons. The third-order valence-corrected chi connectivity index (χ3v) is 4.24. The van der Waals surface area contributed by atoms with Gasteiger partial charge in [-0.25, -0.2) is 0 Å². The van der Waals surface area contributed by atoms with E-state index in [1.54, 1.807) is 18.2 Å². The SMILES string of the molecule is N#CC1(C#N)C=Cc2ccccc2C1C=CN1C(=O)CCC1=O. The van der Waals surface area contributed by atoms with Gasteiger partial charge in [0.1, 0.15) is 0 Å². The summed E-state index contributed by atoms with van der Waals surface area (Å²) in [5.74, 6) is -1.06. The van der Waals surface area contributed by atoms with Gasteiger partial charge in [-0.05, 0) is 17.2 Å². The summed E-state index contributed by atoms with van der Waals surface area (Å²) < 4.78 is 0. The van der Waals surface area contributed by atoms with Crippen LogP contribution in [-0.2, 0) is 9.59 Å². The summed E-state index contributed by atoms with van der Waals surface area (Å²) in [7, 11) is 0. The van der Waals surface area contributed by atoms with Crippen molar-refractivity contribution in [3.05, 3.63) is 53.7 Å². The van der Waals surface area contributed by atoms with Crippen LogP contribution >= 0.6 is 0 Å². The van der Waals surface area contributed by atoms with E-state index in [0.717, 1.165) is 16.0 Å². The minimum atomic E-state index is -1.35. The molecule has 0 N–H and O–H groups in total. The zero-order valence-electron chi connectivity index (χ0n) is 12.3. The first kappa shape index (κ1) is 14.7. The molecule has 1 atom stereocenters. The molecule has 2 aliphatic rings. The van der Waals surface area contributed by atoms with E-state index in [-0.39, 0.29) is 24.7 Å². The van der Waals surface area contributed by atoms with E-state index < -0.39 is 11.3 Å². The number of hydrogen-bond acceptors (Lipinski definition) is 4. The Morgan fingerprint density at radius 1 is 1.13 bits per heavy atom. The van der Waals surface area contributed by atoms with E-state index in [1.165, 1.54) is 6.20 Å².